The molecule has 0 atom stereocenters. The van der Waals surface area contributed by atoms with Crippen LogP contribution in [-0.4, -0.2) is 25.8 Å². The van der Waals surface area contributed by atoms with Gasteiger partial charge >= 0.3 is 0 Å². The molecule has 0 heterocycles. The molecule has 0 aliphatic rings. The fourth-order valence-electron chi connectivity index (χ4n) is 2.14. The van der Waals surface area contributed by atoms with Crippen LogP contribution < -0.4 is 10.0 Å². The molecular weight excluding hydrogens is 334 g/mol. The van der Waals surface area contributed by atoms with Gasteiger partial charge in [0, 0.05) is 19.0 Å². The second-order valence-corrected chi connectivity index (χ2v) is 6.68. The largest absolute Gasteiger partial charge is 0.370 e. The van der Waals surface area contributed by atoms with E-state index < -0.39 is 31.4 Å². The molecule has 9 heteroatoms. The lowest BCUT2D eigenvalue weighted by molar-refractivity contribution is -0.387. The number of para-hydroxylation sites is 2. The minimum atomic E-state index is -4.24. The zero-order valence-electron chi connectivity index (χ0n) is 12.5. The fraction of sp³-hybridized carbons (Fsp3) is 0.133. The Morgan fingerprint density at radius 2 is 1.67 bits per heavy atom. The number of nitro groups is 1. The molecule has 0 saturated heterocycles. The van der Waals surface area contributed by atoms with E-state index in [-0.39, 0.29) is 18.7 Å². The highest BCUT2D eigenvalue weighted by Crippen LogP contribution is 2.29. The molecule has 8 nitrogen and oxygen atoms in total. The number of primary amides is 1. The first-order valence-corrected chi connectivity index (χ1v) is 8.37. The molecule has 0 saturated carbocycles. The van der Waals surface area contributed by atoms with Gasteiger partial charge in [0.2, 0.25) is 5.91 Å². The molecule has 2 rings (SSSR count). The smallest absolute Gasteiger partial charge is 0.289 e. The Morgan fingerprint density at radius 3 is 2.25 bits per heavy atom. The monoisotopic (exact) mass is 349 g/mol. The molecule has 0 aliphatic heterocycles. The van der Waals surface area contributed by atoms with Gasteiger partial charge < -0.3 is 5.73 Å². The van der Waals surface area contributed by atoms with E-state index in [2.05, 4.69) is 0 Å². The summed E-state index contributed by atoms with van der Waals surface area (Å²) in [5.74, 6) is -0.673. The molecule has 0 aliphatic carbocycles. The Labute approximate surface area is 138 Å². The summed E-state index contributed by atoms with van der Waals surface area (Å²) < 4.78 is 26.8. The predicted molar refractivity (Wildman–Crippen MR) is 87.9 cm³/mol. The number of nitrogens with zero attached hydrogens (tertiary/aromatic N) is 2. The van der Waals surface area contributed by atoms with Gasteiger partial charge in [-0.05, 0) is 18.2 Å². The third kappa shape index (κ3) is 3.69. The van der Waals surface area contributed by atoms with Crippen LogP contribution in [0.1, 0.15) is 6.42 Å². The van der Waals surface area contributed by atoms with Crippen LogP contribution in [-0.2, 0) is 14.8 Å². The number of nitro benzene ring substituents is 1. The first-order valence-electron chi connectivity index (χ1n) is 6.93. The molecule has 0 spiro atoms. The summed E-state index contributed by atoms with van der Waals surface area (Å²) in [5.41, 5.74) is 4.87. The number of benzene rings is 2. The Kier molecular flexibility index (Phi) is 5.14. The van der Waals surface area contributed by atoms with E-state index >= 15 is 0 Å². The van der Waals surface area contributed by atoms with Gasteiger partial charge in [-0.3, -0.25) is 19.2 Å². The fourth-order valence-corrected chi connectivity index (χ4v) is 3.76. The van der Waals surface area contributed by atoms with Crippen molar-refractivity contribution in [1.82, 2.24) is 0 Å². The maximum Gasteiger partial charge on any atom is 0.289 e. The topological polar surface area (TPSA) is 124 Å². The van der Waals surface area contributed by atoms with Gasteiger partial charge in [-0.2, -0.15) is 0 Å². The zero-order valence-corrected chi connectivity index (χ0v) is 13.3. The minimum absolute atomic E-state index is 0.214. The van der Waals surface area contributed by atoms with Crippen LogP contribution in [0.4, 0.5) is 11.4 Å². The van der Waals surface area contributed by atoms with Crippen LogP contribution in [0.15, 0.2) is 59.5 Å². The van der Waals surface area contributed by atoms with E-state index in [1.54, 1.807) is 18.2 Å². The van der Waals surface area contributed by atoms with Crippen molar-refractivity contribution in [2.75, 3.05) is 10.8 Å². The van der Waals surface area contributed by atoms with Crippen molar-refractivity contribution in [3.63, 3.8) is 0 Å². The van der Waals surface area contributed by atoms with Gasteiger partial charge in [0.15, 0.2) is 4.90 Å². The number of hydrogen-bond donors (Lipinski definition) is 1. The van der Waals surface area contributed by atoms with Crippen molar-refractivity contribution in [1.29, 1.82) is 0 Å². The summed E-state index contributed by atoms with van der Waals surface area (Å²) in [7, 11) is -4.24. The average molecular weight is 349 g/mol. The highest BCUT2D eigenvalue weighted by Gasteiger charge is 2.31. The van der Waals surface area contributed by atoms with Gasteiger partial charge in [0.25, 0.3) is 15.7 Å². The Bertz CT molecular complexity index is 852. The minimum Gasteiger partial charge on any atom is -0.370 e. The van der Waals surface area contributed by atoms with E-state index in [9.17, 15) is 23.3 Å². The summed E-state index contributed by atoms with van der Waals surface area (Å²) in [6.45, 7) is -0.215. The van der Waals surface area contributed by atoms with Crippen molar-refractivity contribution < 1.29 is 18.1 Å². The summed E-state index contributed by atoms with van der Waals surface area (Å²) in [6, 6.07) is 13.1. The number of rotatable bonds is 7. The number of anilines is 1. The highest BCUT2D eigenvalue weighted by atomic mass is 32.2. The number of nitrogens with two attached hydrogens (primary N) is 1. The Balaban J connectivity index is 2.56. The van der Waals surface area contributed by atoms with Crippen LogP contribution in [0.2, 0.25) is 0 Å². The lowest BCUT2D eigenvalue weighted by Gasteiger charge is -2.23. The zero-order chi connectivity index (χ0) is 17.7. The van der Waals surface area contributed by atoms with Crippen molar-refractivity contribution in [3.05, 3.63) is 64.7 Å². The third-order valence-corrected chi connectivity index (χ3v) is 5.11. The molecule has 0 fully saturated rings. The lowest BCUT2D eigenvalue weighted by atomic mass is 10.3. The van der Waals surface area contributed by atoms with E-state index in [0.717, 1.165) is 16.4 Å². The molecule has 0 bridgehead atoms. The maximum absolute atomic E-state index is 12.9. The van der Waals surface area contributed by atoms with E-state index in [1.165, 1.54) is 24.3 Å². The predicted octanol–water partition coefficient (Wildman–Crippen LogP) is 1.67. The average Bonchev–Trinajstić information content (AvgIpc) is 2.55. The summed E-state index contributed by atoms with van der Waals surface area (Å²) in [5, 5.41) is 11.1. The molecule has 126 valence electrons. The third-order valence-electron chi connectivity index (χ3n) is 3.24. The van der Waals surface area contributed by atoms with Gasteiger partial charge in [0.1, 0.15) is 0 Å². The molecule has 1 amide bonds. The molecule has 2 N–H and O–H groups in total. The van der Waals surface area contributed by atoms with Crippen LogP contribution in [0.3, 0.4) is 0 Å². The normalized spacial score (nSPS) is 11.0. The molecule has 0 radical (unpaired) electrons. The highest BCUT2D eigenvalue weighted by molar-refractivity contribution is 7.93. The van der Waals surface area contributed by atoms with Crippen molar-refractivity contribution in [3.8, 4) is 0 Å². The first-order chi connectivity index (χ1) is 11.3. The van der Waals surface area contributed by atoms with Crippen LogP contribution >= 0.6 is 0 Å². The Hall–Kier alpha value is -2.94. The Morgan fingerprint density at radius 1 is 1.08 bits per heavy atom. The van der Waals surface area contributed by atoms with Gasteiger partial charge in [0.05, 0.1) is 10.6 Å². The maximum atomic E-state index is 12.9. The van der Waals surface area contributed by atoms with Crippen molar-refractivity contribution in [2.45, 2.75) is 11.3 Å². The molecule has 2 aromatic rings. The van der Waals surface area contributed by atoms with E-state index in [0.29, 0.717) is 0 Å². The summed E-state index contributed by atoms with van der Waals surface area (Å²) >= 11 is 0. The number of amides is 1. The van der Waals surface area contributed by atoms with Gasteiger partial charge in [-0.15, -0.1) is 0 Å². The first kappa shape index (κ1) is 17.4. The SMILES string of the molecule is NC(=O)CCN(c1ccccc1)S(=O)(=O)c1ccccc1[N+](=O)[O-]. The molecule has 24 heavy (non-hydrogen) atoms. The summed E-state index contributed by atoms with van der Waals surface area (Å²) in [6.07, 6.45) is -0.214. The molecular formula is C15H15N3O5S. The molecule has 0 unspecified atom stereocenters. The quantitative estimate of drug-likeness (QED) is 0.601. The number of sulfonamides is 1. The van der Waals surface area contributed by atoms with Gasteiger partial charge in [-0.25, -0.2) is 8.42 Å². The second-order valence-electron chi connectivity index (χ2n) is 4.85. The number of carbonyl (C=O) groups is 1. The van der Waals surface area contributed by atoms with Crippen molar-refractivity contribution >= 4 is 27.3 Å². The second kappa shape index (κ2) is 7.09. The van der Waals surface area contributed by atoms with Crippen molar-refractivity contribution in [2.24, 2.45) is 5.73 Å². The molecule has 2 aromatic carbocycles. The molecule has 0 aromatic heterocycles. The van der Waals surface area contributed by atoms with Crippen LogP contribution in [0.5, 0.6) is 0 Å². The lowest BCUT2D eigenvalue weighted by Crippen LogP contribution is -2.34. The van der Waals surface area contributed by atoms with E-state index in [1.807, 2.05) is 0 Å². The van der Waals surface area contributed by atoms with E-state index in [4.69, 9.17) is 5.73 Å². The summed E-state index contributed by atoms with van der Waals surface area (Å²) in [4.78, 5) is 21.0. The van der Waals surface area contributed by atoms with Crippen LogP contribution in [0.25, 0.3) is 0 Å². The number of hydrogen-bond acceptors (Lipinski definition) is 5. The van der Waals surface area contributed by atoms with Gasteiger partial charge in [-0.1, -0.05) is 30.3 Å². The number of carbonyl (C=O) groups excluding carboxylic acids is 1. The standard InChI is InChI=1S/C15H15N3O5S/c16-15(19)10-11-17(12-6-2-1-3-7-12)24(22,23)14-9-5-4-8-13(14)18(20)21/h1-9H,10-11H2,(H2,16,19). The van der Waals surface area contributed by atoms with Crippen LogP contribution in [0, 0.1) is 10.1 Å².